The molecule has 7 nitrogen and oxygen atoms in total. The molecule has 1 atom stereocenters. The third-order valence-corrected chi connectivity index (χ3v) is 4.91. The number of fused-ring (bicyclic) bond motifs is 1. The van der Waals surface area contributed by atoms with Gasteiger partial charge in [-0.25, -0.2) is 0 Å². The normalized spacial score (nSPS) is 13.9. The number of ether oxygens (including phenoxy) is 2. The van der Waals surface area contributed by atoms with E-state index in [0.717, 1.165) is 11.3 Å². The zero-order valence-electron chi connectivity index (χ0n) is 11.7. The van der Waals surface area contributed by atoms with Crippen molar-refractivity contribution in [3.8, 4) is 11.5 Å². The second-order valence-corrected chi connectivity index (χ2v) is 6.83. The minimum atomic E-state index is -0.123. The summed E-state index contributed by atoms with van der Waals surface area (Å²) in [7, 11) is 0. The number of thioether (sulfide) groups is 1. The fourth-order valence-electron chi connectivity index (χ4n) is 1.95. The van der Waals surface area contributed by atoms with Gasteiger partial charge in [-0.15, -0.1) is 10.2 Å². The van der Waals surface area contributed by atoms with Crippen LogP contribution in [-0.2, 0) is 4.79 Å². The molecule has 3 rings (SSSR count). The van der Waals surface area contributed by atoms with E-state index in [9.17, 15) is 4.79 Å². The van der Waals surface area contributed by atoms with E-state index in [4.69, 9.17) is 15.2 Å². The molecule has 1 aliphatic heterocycles. The maximum Gasteiger partial charge on any atom is 0.231 e. The SMILES string of the molecule is C[C@@H](NC(=O)CSc1nnc(N)s1)c1ccc2c(c1)OCO2. The van der Waals surface area contributed by atoms with Crippen LogP contribution < -0.4 is 20.5 Å². The Morgan fingerprint density at radius 1 is 1.45 bits per heavy atom. The van der Waals surface area contributed by atoms with Gasteiger partial charge in [0.25, 0.3) is 0 Å². The van der Waals surface area contributed by atoms with Gasteiger partial charge in [0, 0.05) is 0 Å². The van der Waals surface area contributed by atoms with Crippen molar-refractivity contribution in [1.29, 1.82) is 0 Å². The number of amides is 1. The van der Waals surface area contributed by atoms with Crippen LogP contribution in [0.3, 0.4) is 0 Å². The molecule has 1 amide bonds. The van der Waals surface area contributed by atoms with E-state index in [0.29, 0.717) is 15.2 Å². The largest absolute Gasteiger partial charge is 0.454 e. The Labute approximate surface area is 135 Å². The van der Waals surface area contributed by atoms with E-state index >= 15 is 0 Å². The molecule has 0 saturated carbocycles. The first-order valence-corrected chi connectivity index (χ1v) is 8.33. The van der Waals surface area contributed by atoms with Gasteiger partial charge in [-0.3, -0.25) is 4.79 Å². The quantitative estimate of drug-likeness (QED) is 0.802. The van der Waals surface area contributed by atoms with Crippen LogP contribution in [0.25, 0.3) is 0 Å². The Morgan fingerprint density at radius 3 is 3.05 bits per heavy atom. The van der Waals surface area contributed by atoms with Gasteiger partial charge in [-0.05, 0) is 24.6 Å². The molecule has 2 heterocycles. The Hall–Kier alpha value is -2.00. The maximum atomic E-state index is 12.0. The van der Waals surface area contributed by atoms with Crippen molar-refractivity contribution in [2.24, 2.45) is 0 Å². The van der Waals surface area contributed by atoms with Gasteiger partial charge in [-0.2, -0.15) is 0 Å². The van der Waals surface area contributed by atoms with E-state index in [2.05, 4.69) is 15.5 Å². The number of benzene rings is 1. The molecule has 0 unspecified atom stereocenters. The molecule has 2 aromatic rings. The summed E-state index contributed by atoms with van der Waals surface area (Å²) in [5.74, 6) is 1.62. The summed E-state index contributed by atoms with van der Waals surface area (Å²) in [4.78, 5) is 12.0. The molecule has 1 aromatic heterocycles. The maximum absolute atomic E-state index is 12.0. The fraction of sp³-hybridized carbons (Fsp3) is 0.308. The van der Waals surface area contributed by atoms with Gasteiger partial charge in [0.2, 0.25) is 17.8 Å². The number of hydrogen-bond donors (Lipinski definition) is 2. The van der Waals surface area contributed by atoms with Crippen LogP contribution in [0.5, 0.6) is 11.5 Å². The van der Waals surface area contributed by atoms with Crippen molar-refractivity contribution in [2.75, 3.05) is 18.3 Å². The summed E-state index contributed by atoms with van der Waals surface area (Å²) in [5.41, 5.74) is 6.46. The number of carbonyl (C=O) groups excluding carboxylic acids is 1. The standard InChI is InChI=1S/C13H14N4O3S2/c1-7(8-2-3-9-10(4-8)20-6-19-9)15-11(18)5-21-13-17-16-12(14)22-13/h2-4,7H,5-6H2,1H3,(H2,14,16)(H,15,18)/t7-/m1/s1. The molecule has 1 aromatic carbocycles. The van der Waals surface area contributed by atoms with Crippen molar-refractivity contribution in [3.05, 3.63) is 23.8 Å². The molecule has 0 radical (unpaired) electrons. The monoisotopic (exact) mass is 338 g/mol. The van der Waals surface area contributed by atoms with Gasteiger partial charge in [-0.1, -0.05) is 29.2 Å². The number of carbonyl (C=O) groups is 1. The Kier molecular flexibility index (Phi) is 4.34. The lowest BCUT2D eigenvalue weighted by atomic mass is 10.1. The van der Waals surface area contributed by atoms with Gasteiger partial charge in [0.05, 0.1) is 11.8 Å². The molecule has 0 spiro atoms. The Balaban J connectivity index is 1.54. The van der Waals surface area contributed by atoms with E-state index in [1.165, 1.54) is 23.1 Å². The van der Waals surface area contributed by atoms with Crippen molar-refractivity contribution in [2.45, 2.75) is 17.3 Å². The molecule has 0 aliphatic carbocycles. The van der Waals surface area contributed by atoms with E-state index < -0.39 is 0 Å². The first-order chi connectivity index (χ1) is 10.6. The lowest BCUT2D eigenvalue weighted by Crippen LogP contribution is -2.28. The van der Waals surface area contributed by atoms with E-state index in [1.807, 2.05) is 25.1 Å². The lowest BCUT2D eigenvalue weighted by molar-refractivity contribution is -0.119. The molecule has 22 heavy (non-hydrogen) atoms. The van der Waals surface area contributed by atoms with Crippen molar-refractivity contribution >= 4 is 34.1 Å². The van der Waals surface area contributed by atoms with Crippen LogP contribution in [0.4, 0.5) is 5.13 Å². The van der Waals surface area contributed by atoms with Crippen LogP contribution in [0.15, 0.2) is 22.5 Å². The van der Waals surface area contributed by atoms with E-state index in [-0.39, 0.29) is 24.5 Å². The number of hydrogen-bond acceptors (Lipinski definition) is 8. The van der Waals surface area contributed by atoms with E-state index in [1.54, 1.807) is 0 Å². The Bertz CT molecular complexity index is 692. The lowest BCUT2D eigenvalue weighted by Gasteiger charge is -2.14. The highest BCUT2D eigenvalue weighted by atomic mass is 32.2. The second kappa shape index (κ2) is 6.41. The van der Waals surface area contributed by atoms with Crippen LogP contribution in [0, 0.1) is 0 Å². The van der Waals surface area contributed by atoms with Crippen LogP contribution in [0.2, 0.25) is 0 Å². The average molecular weight is 338 g/mol. The summed E-state index contributed by atoms with van der Waals surface area (Å²) >= 11 is 2.58. The third kappa shape index (κ3) is 3.42. The molecule has 116 valence electrons. The number of nitrogens with zero attached hydrogens (tertiary/aromatic N) is 2. The van der Waals surface area contributed by atoms with Crippen molar-refractivity contribution in [3.63, 3.8) is 0 Å². The minimum Gasteiger partial charge on any atom is -0.454 e. The van der Waals surface area contributed by atoms with Crippen molar-refractivity contribution < 1.29 is 14.3 Å². The highest BCUT2D eigenvalue weighted by Gasteiger charge is 2.17. The minimum absolute atomic E-state index is 0.0797. The molecule has 0 fully saturated rings. The average Bonchev–Trinajstić information content (AvgIpc) is 3.12. The molecular weight excluding hydrogens is 324 g/mol. The van der Waals surface area contributed by atoms with Gasteiger partial charge >= 0.3 is 0 Å². The highest BCUT2D eigenvalue weighted by Crippen LogP contribution is 2.34. The number of rotatable bonds is 5. The molecule has 0 bridgehead atoms. The van der Waals surface area contributed by atoms with Gasteiger partial charge in [0.15, 0.2) is 15.8 Å². The molecule has 3 N–H and O–H groups in total. The summed E-state index contributed by atoms with van der Waals surface area (Å²) in [6, 6.07) is 5.52. The summed E-state index contributed by atoms with van der Waals surface area (Å²) in [5, 5.41) is 10.9. The number of nitrogen functional groups attached to an aromatic ring is 1. The smallest absolute Gasteiger partial charge is 0.231 e. The fourth-order valence-corrected chi connectivity index (χ4v) is 3.40. The van der Waals surface area contributed by atoms with Crippen LogP contribution >= 0.6 is 23.1 Å². The second-order valence-electron chi connectivity index (χ2n) is 4.60. The van der Waals surface area contributed by atoms with Crippen LogP contribution in [0.1, 0.15) is 18.5 Å². The summed E-state index contributed by atoms with van der Waals surface area (Å²) in [6.07, 6.45) is 0. The predicted molar refractivity (Wildman–Crippen MR) is 84.2 cm³/mol. The predicted octanol–water partition coefficient (Wildman–Crippen LogP) is 1.82. The van der Waals surface area contributed by atoms with Gasteiger partial charge < -0.3 is 20.5 Å². The first-order valence-electron chi connectivity index (χ1n) is 6.52. The van der Waals surface area contributed by atoms with Crippen LogP contribution in [-0.4, -0.2) is 28.7 Å². The molecular formula is C13H14N4O3S2. The first kappa shape index (κ1) is 14.9. The number of anilines is 1. The van der Waals surface area contributed by atoms with Crippen molar-refractivity contribution in [1.82, 2.24) is 15.5 Å². The number of nitrogens with one attached hydrogen (secondary N) is 1. The topological polar surface area (TPSA) is 99.4 Å². The number of aromatic nitrogens is 2. The third-order valence-electron chi connectivity index (χ3n) is 3.02. The highest BCUT2D eigenvalue weighted by molar-refractivity contribution is 8.01. The molecule has 0 saturated heterocycles. The zero-order valence-corrected chi connectivity index (χ0v) is 13.4. The summed E-state index contributed by atoms with van der Waals surface area (Å²) < 4.78 is 11.3. The number of nitrogens with two attached hydrogens (primary N) is 1. The van der Waals surface area contributed by atoms with Gasteiger partial charge in [0.1, 0.15) is 0 Å². The molecule has 1 aliphatic rings. The molecule has 9 heteroatoms. The summed E-state index contributed by atoms with van der Waals surface area (Å²) in [6.45, 7) is 2.16. The zero-order chi connectivity index (χ0) is 15.5. The Morgan fingerprint density at radius 2 is 2.27 bits per heavy atom.